The predicted octanol–water partition coefficient (Wildman–Crippen LogP) is 8.52. The summed E-state index contributed by atoms with van der Waals surface area (Å²) in [5.74, 6) is 0. The number of aliphatic hydroxyl groups excluding tert-OH is 2. The number of aliphatic hydroxyl groups is 2. The average molecular weight is 640 g/mol. The van der Waals surface area contributed by atoms with Crippen LogP contribution in [0.2, 0.25) is 0 Å². The molecule has 43 heavy (non-hydrogen) atoms. The van der Waals surface area contributed by atoms with Crippen LogP contribution >= 0.6 is 7.82 Å². The standard InChI is InChI=1S/C33H70NO8P/c1-3-5-7-9-11-13-15-17-19-21-23-25-32(35)39-29-31(30-41-43(37,38)40-28-27-34)42-33(36)26-24-22-20-18-16-14-12-10-8-6-4-2/h31-33,35-36H,3-30,34H2,1-2H3,(H,37,38)/t31-,32?,33?/m1/s1. The first-order valence-corrected chi connectivity index (χ1v) is 19.3. The Morgan fingerprint density at radius 3 is 1.40 bits per heavy atom. The number of rotatable bonds is 35. The van der Waals surface area contributed by atoms with Crippen LogP contribution in [-0.2, 0) is 23.1 Å². The van der Waals surface area contributed by atoms with Gasteiger partial charge in [-0.3, -0.25) is 9.05 Å². The first kappa shape index (κ1) is 42.9. The van der Waals surface area contributed by atoms with Gasteiger partial charge in [-0.05, 0) is 25.7 Å². The van der Waals surface area contributed by atoms with Crippen LogP contribution in [0.15, 0.2) is 0 Å². The van der Waals surface area contributed by atoms with Gasteiger partial charge in [-0.15, -0.1) is 0 Å². The third-order valence-corrected chi connectivity index (χ3v) is 8.71. The minimum Gasteiger partial charge on any atom is -0.368 e. The molecule has 260 valence electrons. The maximum Gasteiger partial charge on any atom is 0.472 e. The second-order valence-corrected chi connectivity index (χ2v) is 13.5. The smallest absolute Gasteiger partial charge is 0.368 e. The largest absolute Gasteiger partial charge is 0.472 e. The van der Waals surface area contributed by atoms with Gasteiger partial charge in [0.25, 0.3) is 0 Å². The van der Waals surface area contributed by atoms with E-state index in [9.17, 15) is 19.7 Å². The van der Waals surface area contributed by atoms with Crippen LogP contribution in [-0.4, -0.2) is 60.2 Å². The van der Waals surface area contributed by atoms with Gasteiger partial charge in [0.1, 0.15) is 6.10 Å². The van der Waals surface area contributed by atoms with E-state index in [4.69, 9.17) is 24.3 Å². The lowest BCUT2D eigenvalue weighted by Crippen LogP contribution is -2.32. The summed E-state index contributed by atoms with van der Waals surface area (Å²) in [4.78, 5) is 9.84. The van der Waals surface area contributed by atoms with Crippen LogP contribution in [0.25, 0.3) is 0 Å². The quantitative estimate of drug-likeness (QED) is 0.0305. The highest BCUT2D eigenvalue weighted by Crippen LogP contribution is 2.43. The van der Waals surface area contributed by atoms with E-state index in [2.05, 4.69) is 13.8 Å². The summed E-state index contributed by atoms with van der Waals surface area (Å²) >= 11 is 0. The van der Waals surface area contributed by atoms with Crippen molar-refractivity contribution in [2.45, 2.75) is 187 Å². The third kappa shape index (κ3) is 31.7. The normalized spacial score (nSPS) is 15.4. The Bertz CT molecular complexity index is 615. The highest BCUT2D eigenvalue weighted by Gasteiger charge is 2.25. The fourth-order valence-electron chi connectivity index (χ4n) is 5.07. The van der Waals surface area contributed by atoms with Crippen molar-refractivity contribution in [3.8, 4) is 0 Å². The summed E-state index contributed by atoms with van der Waals surface area (Å²) in [6.07, 6.45) is 25.0. The van der Waals surface area contributed by atoms with E-state index in [0.29, 0.717) is 12.8 Å². The molecule has 0 rings (SSSR count). The number of hydrogen-bond donors (Lipinski definition) is 4. The molecular weight excluding hydrogens is 569 g/mol. The Morgan fingerprint density at radius 2 is 0.977 bits per heavy atom. The lowest BCUT2D eigenvalue weighted by atomic mass is 10.1. The van der Waals surface area contributed by atoms with Gasteiger partial charge < -0.3 is 30.3 Å². The topological polar surface area (TPSA) is 141 Å². The van der Waals surface area contributed by atoms with Crippen LogP contribution in [0.4, 0.5) is 0 Å². The second-order valence-electron chi connectivity index (χ2n) is 12.0. The summed E-state index contributed by atoms with van der Waals surface area (Å²) in [5.41, 5.74) is 5.33. The number of unbranched alkanes of at least 4 members (excludes halogenated alkanes) is 20. The maximum atomic E-state index is 12.1. The van der Waals surface area contributed by atoms with Crippen molar-refractivity contribution in [3.63, 3.8) is 0 Å². The Morgan fingerprint density at radius 1 is 0.581 bits per heavy atom. The minimum atomic E-state index is -4.30. The average Bonchev–Trinajstić information content (AvgIpc) is 2.99. The van der Waals surface area contributed by atoms with Crippen molar-refractivity contribution in [1.82, 2.24) is 0 Å². The molecule has 0 aliphatic carbocycles. The number of hydrogen-bond acceptors (Lipinski definition) is 8. The van der Waals surface area contributed by atoms with Crippen LogP contribution in [0, 0.1) is 0 Å². The van der Waals surface area contributed by atoms with Crippen LogP contribution in [0.5, 0.6) is 0 Å². The number of ether oxygens (including phenoxy) is 2. The molecule has 0 aliphatic rings. The minimum absolute atomic E-state index is 0.0780. The molecule has 0 saturated carbocycles. The van der Waals surface area contributed by atoms with E-state index in [1.807, 2.05) is 0 Å². The zero-order chi connectivity index (χ0) is 31.9. The van der Waals surface area contributed by atoms with Crippen LogP contribution in [0.3, 0.4) is 0 Å². The van der Waals surface area contributed by atoms with Crippen molar-refractivity contribution < 1.29 is 38.2 Å². The predicted molar refractivity (Wildman–Crippen MR) is 176 cm³/mol. The van der Waals surface area contributed by atoms with Gasteiger partial charge in [-0.1, -0.05) is 142 Å². The summed E-state index contributed by atoms with van der Waals surface area (Å²) in [6, 6.07) is 0. The van der Waals surface area contributed by atoms with Gasteiger partial charge in [0.15, 0.2) is 12.6 Å². The zero-order valence-electron chi connectivity index (χ0n) is 27.9. The lowest BCUT2D eigenvalue weighted by molar-refractivity contribution is -0.191. The maximum absolute atomic E-state index is 12.1. The van der Waals surface area contributed by atoms with E-state index >= 15 is 0 Å². The van der Waals surface area contributed by atoms with Crippen molar-refractivity contribution >= 4 is 7.82 Å². The Kier molecular flexibility index (Phi) is 31.8. The van der Waals surface area contributed by atoms with E-state index in [-0.39, 0.29) is 26.4 Å². The molecule has 0 spiro atoms. The van der Waals surface area contributed by atoms with Gasteiger partial charge in [0.2, 0.25) is 0 Å². The van der Waals surface area contributed by atoms with Gasteiger partial charge in [-0.2, -0.15) is 0 Å². The fourth-order valence-corrected chi connectivity index (χ4v) is 5.83. The molecule has 10 heteroatoms. The van der Waals surface area contributed by atoms with Crippen LogP contribution < -0.4 is 5.73 Å². The monoisotopic (exact) mass is 639 g/mol. The third-order valence-electron chi connectivity index (χ3n) is 7.73. The lowest BCUT2D eigenvalue weighted by Gasteiger charge is -2.24. The SMILES string of the molecule is CCCCCCCCCCCCCC(O)OC[C@H](COP(=O)(O)OCCN)OC(O)CCCCCCCCCCCCC. The molecule has 0 amide bonds. The molecule has 0 aromatic carbocycles. The molecule has 5 N–H and O–H groups in total. The van der Waals surface area contributed by atoms with Gasteiger partial charge in [-0.25, -0.2) is 4.57 Å². The Hall–Kier alpha value is -0.0900. The second kappa shape index (κ2) is 31.9. The molecular formula is C33H70NO8P. The van der Waals surface area contributed by atoms with Crippen molar-refractivity contribution in [2.75, 3.05) is 26.4 Å². The van der Waals surface area contributed by atoms with Crippen molar-refractivity contribution in [3.05, 3.63) is 0 Å². The fraction of sp³-hybridized carbons (Fsp3) is 1.00. The number of phosphoric ester groups is 1. The number of nitrogens with two attached hydrogens (primary N) is 1. The van der Waals surface area contributed by atoms with E-state index in [0.717, 1.165) is 38.5 Å². The molecule has 0 fully saturated rings. The molecule has 0 aromatic heterocycles. The molecule has 0 radical (unpaired) electrons. The molecule has 4 atom stereocenters. The highest BCUT2D eigenvalue weighted by atomic mass is 31.2. The Labute approximate surface area is 264 Å². The summed E-state index contributed by atoms with van der Waals surface area (Å²) in [6.45, 7) is 4.05. The summed E-state index contributed by atoms with van der Waals surface area (Å²) < 4.78 is 33.1. The molecule has 9 nitrogen and oxygen atoms in total. The summed E-state index contributed by atoms with van der Waals surface area (Å²) in [7, 11) is -4.30. The van der Waals surface area contributed by atoms with Crippen molar-refractivity contribution in [1.29, 1.82) is 0 Å². The first-order chi connectivity index (χ1) is 20.8. The molecule has 0 saturated heterocycles. The van der Waals surface area contributed by atoms with E-state index in [1.165, 1.54) is 103 Å². The number of phosphoric acid groups is 1. The summed E-state index contributed by atoms with van der Waals surface area (Å²) in [5, 5.41) is 20.8. The van der Waals surface area contributed by atoms with Crippen molar-refractivity contribution in [2.24, 2.45) is 5.73 Å². The van der Waals surface area contributed by atoms with Gasteiger partial charge in [0, 0.05) is 6.54 Å². The molecule has 0 bridgehead atoms. The van der Waals surface area contributed by atoms with Gasteiger partial charge >= 0.3 is 7.82 Å². The first-order valence-electron chi connectivity index (χ1n) is 17.8. The Balaban J connectivity index is 4.23. The van der Waals surface area contributed by atoms with Gasteiger partial charge in [0.05, 0.1) is 19.8 Å². The zero-order valence-corrected chi connectivity index (χ0v) is 28.8. The highest BCUT2D eigenvalue weighted by molar-refractivity contribution is 7.47. The molecule has 3 unspecified atom stereocenters. The van der Waals surface area contributed by atoms with E-state index < -0.39 is 26.5 Å². The molecule has 0 aromatic rings. The van der Waals surface area contributed by atoms with E-state index in [1.54, 1.807) is 0 Å². The molecule has 0 aliphatic heterocycles. The van der Waals surface area contributed by atoms with Crippen LogP contribution in [0.1, 0.15) is 168 Å². The molecule has 0 heterocycles.